The SMILES string of the molecule is O=C(Nc1c(Cl)cccc1Cl)c1ccc[nH]c1=O. The molecule has 6 heteroatoms. The predicted molar refractivity (Wildman–Crippen MR) is 71.5 cm³/mol. The van der Waals surface area contributed by atoms with Gasteiger partial charge in [0.2, 0.25) is 0 Å². The fourth-order valence-electron chi connectivity index (χ4n) is 1.40. The maximum atomic E-state index is 11.9. The first-order valence-electron chi connectivity index (χ1n) is 5.02. The van der Waals surface area contributed by atoms with E-state index in [1.54, 1.807) is 24.3 Å². The van der Waals surface area contributed by atoms with Crippen molar-refractivity contribution in [2.75, 3.05) is 5.32 Å². The molecule has 0 aliphatic rings. The van der Waals surface area contributed by atoms with Crippen molar-refractivity contribution in [1.82, 2.24) is 4.98 Å². The summed E-state index contributed by atoms with van der Waals surface area (Å²) in [5.41, 5.74) is -0.194. The summed E-state index contributed by atoms with van der Waals surface area (Å²) in [6.07, 6.45) is 1.45. The third-order valence-corrected chi connectivity index (χ3v) is 2.89. The van der Waals surface area contributed by atoms with Crippen LogP contribution in [0.5, 0.6) is 0 Å². The van der Waals surface area contributed by atoms with Gasteiger partial charge in [0, 0.05) is 6.20 Å². The molecule has 0 bridgehead atoms. The molecular weight excluding hydrogens is 275 g/mol. The zero-order valence-corrected chi connectivity index (χ0v) is 10.5. The van der Waals surface area contributed by atoms with Gasteiger partial charge in [0.05, 0.1) is 15.7 Å². The van der Waals surface area contributed by atoms with E-state index in [4.69, 9.17) is 23.2 Å². The van der Waals surface area contributed by atoms with Gasteiger partial charge in [-0.1, -0.05) is 29.3 Å². The Hall–Kier alpha value is -1.78. The molecule has 0 unspecified atom stereocenters. The number of para-hydroxylation sites is 1. The summed E-state index contributed by atoms with van der Waals surface area (Å²) in [4.78, 5) is 25.7. The minimum atomic E-state index is -0.563. The second-order valence-electron chi connectivity index (χ2n) is 3.46. The van der Waals surface area contributed by atoms with Crippen LogP contribution in [0.1, 0.15) is 10.4 Å². The van der Waals surface area contributed by atoms with E-state index in [1.165, 1.54) is 12.3 Å². The van der Waals surface area contributed by atoms with Gasteiger partial charge >= 0.3 is 0 Å². The van der Waals surface area contributed by atoms with Gasteiger partial charge in [0.25, 0.3) is 11.5 Å². The highest BCUT2D eigenvalue weighted by Crippen LogP contribution is 2.29. The van der Waals surface area contributed by atoms with Crippen molar-refractivity contribution in [2.45, 2.75) is 0 Å². The van der Waals surface area contributed by atoms with E-state index in [1.807, 2.05) is 0 Å². The van der Waals surface area contributed by atoms with Crippen LogP contribution < -0.4 is 10.9 Å². The second-order valence-corrected chi connectivity index (χ2v) is 4.28. The van der Waals surface area contributed by atoms with Crippen LogP contribution in [-0.2, 0) is 0 Å². The molecule has 0 radical (unpaired) electrons. The topological polar surface area (TPSA) is 62.0 Å². The minimum absolute atomic E-state index is 0.00603. The molecule has 2 aromatic rings. The molecule has 2 rings (SSSR count). The fourth-order valence-corrected chi connectivity index (χ4v) is 1.89. The highest BCUT2D eigenvalue weighted by Gasteiger charge is 2.13. The van der Waals surface area contributed by atoms with Crippen LogP contribution in [0.3, 0.4) is 0 Å². The first kappa shape index (κ1) is 12.7. The van der Waals surface area contributed by atoms with Gasteiger partial charge in [-0.25, -0.2) is 0 Å². The van der Waals surface area contributed by atoms with Crippen molar-refractivity contribution >= 4 is 34.8 Å². The summed E-state index contributed by atoms with van der Waals surface area (Å²) in [6, 6.07) is 7.83. The average Bonchev–Trinajstić information content (AvgIpc) is 2.34. The van der Waals surface area contributed by atoms with Gasteiger partial charge in [0.15, 0.2) is 0 Å². The Balaban J connectivity index is 2.33. The van der Waals surface area contributed by atoms with Gasteiger partial charge < -0.3 is 10.3 Å². The largest absolute Gasteiger partial charge is 0.328 e. The third kappa shape index (κ3) is 2.55. The van der Waals surface area contributed by atoms with E-state index in [0.717, 1.165) is 0 Å². The van der Waals surface area contributed by atoms with Gasteiger partial charge in [-0.3, -0.25) is 9.59 Å². The Kier molecular flexibility index (Phi) is 3.69. The second kappa shape index (κ2) is 5.25. The fraction of sp³-hybridized carbons (Fsp3) is 0. The number of rotatable bonds is 2. The number of pyridine rings is 1. The normalized spacial score (nSPS) is 10.1. The summed E-state index contributed by atoms with van der Waals surface area (Å²) in [6.45, 7) is 0. The molecule has 0 aliphatic carbocycles. The number of nitrogens with one attached hydrogen (secondary N) is 2. The van der Waals surface area contributed by atoms with Crippen LogP contribution in [-0.4, -0.2) is 10.9 Å². The lowest BCUT2D eigenvalue weighted by Gasteiger charge is -2.08. The first-order valence-corrected chi connectivity index (χ1v) is 5.78. The molecule has 0 aliphatic heterocycles. The summed E-state index contributed by atoms with van der Waals surface area (Å²) >= 11 is 11.8. The quantitative estimate of drug-likeness (QED) is 0.890. The smallest absolute Gasteiger partial charge is 0.261 e. The predicted octanol–water partition coefficient (Wildman–Crippen LogP) is 2.93. The average molecular weight is 283 g/mol. The number of hydrogen-bond acceptors (Lipinski definition) is 2. The van der Waals surface area contributed by atoms with Crippen LogP contribution in [0, 0.1) is 0 Å². The Morgan fingerprint density at radius 2 is 1.78 bits per heavy atom. The summed E-state index contributed by atoms with van der Waals surface area (Å²) in [7, 11) is 0. The Morgan fingerprint density at radius 3 is 2.39 bits per heavy atom. The van der Waals surface area contributed by atoms with E-state index in [2.05, 4.69) is 10.3 Å². The van der Waals surface area contributed by atoms with E-state index in [9.17, 15) is 9.59 Å². The molecule has 0 fully saturated rings. The number of anilines is 1. The number of benzene rings is 1. The molecule has 4 nitrogen and oxygen atoms in total. The number of aromatic nitrogens is 1. The minimum Gasteiger partial charge on any atom is -0.328 e. The standard InChI is InChI=1S/C12H8Cl2N2O2/c13-8-4-1-5-9(14)10(8)16-12(18)7-3-2-6-15-11(7)17/h1-6H,(H,15,17)(H,16,18). The van der Waals surface area contributed by atoms with E-state index < -0.39 is 11.5 Å². The van der Waals surface area contributed by atoms with E-state index >= 15 is 0 Å². The third-order valence-electron chi connectivity index (χ3n) is 2.26. The number of carbonyl (C=O) groups is 1. The van der Waals surface area contributed by atoms with Gasteiger partial charge in [0.1, 0.15) is 5.56 Å². The van der Waals surface area contributed by atoms with Crippen molar-refractivity contribution < 1.29 is 4.79 Å². The highest BCUT2D eigenvalue weighted by molar-refractivity contribution is 6.40. The molecule has 0 saturated carbocycles. The van der Waals surface area contributed by atoms with E-state index in [-0.39, 0.29) is 11.3 Å². The highest BCUT2D eigenvalue weighted by atomic mass is 35.5. The number of aromatic amines is 1. The number of H-pyrrole nitrogens is 1. The number of halogens is 2. The van der Waals surface area contributed by atoms with Gasteiger partial charge in [-0.2, -0.15) is 0 Å². The van der Waals surface area contributed by atoms with E-state index in [0.29, 0.717) is 10.0 Å². The van der Waals surface area contributed by atoms with Crippen LogP contribution in [0.25, 0.3) is 0 Å². The van der Waals surface area contributed by atoms with Crippen molar-refractivity contribution in [3.05, 3.63) is 62.5 Å². The zero-order chi connectivity index (χ0) is 13.1. The summed E-state index contributed by atoms with van der Waals surface area (Å²) in [5, 5.41) is 3.13. The molecule has 2 N–H and O–H groups in total. The lowest BCUT2D eigenvalue weighted by molar-refractivity contribution is 0.102. The maximum absolute atomic E-state index is 11.9. The molecule has 18 heavy (non-hydrogen) atoms. The van der Waals surface area contributed by atoms with Crippen LogP contribution in [0.15, 0.2) is 41.3 Å². The molecule has 1 amide bonds. The Morgan fingerprint density at radius 1 is 1.11 bits per heavy atom. The molecule has 0 spiro atoms. The summed E-state index contributed by atoms with van der Waals surface area (Å²) in [5.74, 6) is -0.563. The Labute approximate surface area is 113 Å². The molecular formula is C12H8Cl2N2O2. The molecule has 1 aromatic carbocycles. The number of amides is 1. The van der Waals surface area contributed by atoms with Crippen molar-refractivity contribution in [3.63, 3.8) is 0 Å². The van der Waals surface area contributed by atoms with Crippen molar-refractivity contribution in [1.29, 1.82) is 0 Å². The van der Waals surface area contributed by atoms with Crippen molar-refractivity contribution in [2.24, 2.45) is 0 Å². The molecule has 1 heterocycles. The monoisotopic (exact) mass is 282 g/mol. The first-order chi connectivity index (χ1) is 8.59. The molecule has 0 saturated heterocycles. The lowest BCUT2D eigenvalue weighted by atomic mass is 10.2. The van der Waals surface area contributed by atoms with Crippen LogP contribution >= 0.6 is 23.2 Å². The van der Waals surface area contributed by atoms with Crippen LogP contribution in [0.2, 0.25) is 10.0 Å². The van der Waals surface area contributed by atoms with Crippen LogP contribution in [0.4, 0.5) is 5.69 Å². The maximum Gasteiger partial charge on any atom is 0.261 e. The van der Waals surface area contributed by atoms with Gasteiger partial charge in [-0.15, -0.1) is 0 Å². The number of hydrogen-bond donors (Lipinski definition) is 2. The van der Waals surface area contributed by atoms with Gasteiger partial charge in [-0.05, 0) is 24.3 Å². The van der Waals surface area contributed by atoms with Crippen molar-refractivity contribution in [3.8, 4) is 0 Å². The zero-order valence-electron chi connectivity index (χ0n) is 9.04. The Bertz CT molecular complexity index is 632. The number of carbonyl (C=O) groups excluding carboxylic acids is 1. The summed E-state index contributed by atoms with van der Waals surface area (Å²) < 4.78 is 0. The molecule has 1 aromatic heterocycles. The molecule has 92 valence electrons. The lowest BCUT2D eigenvalue weighted by Crippen LogP contribution is -2.22. The molecule has 0 atom stereocenters.